The van der Waals surface area contributed by atoms with Gasteiger partial charge in [0.25, 0.3) is 0 Å². The van der Waals surface area contributed by atoms with Gasteiger partial charge in [0, 0.05) is 19.3 Å². The Hall–Kier alpha value is -1.37. The summed E-state index contributed by atoms with van der Waals surface area (Å²) in [7, 11) is 0. The summed E-state index contributed by atoms with van der Waals surface area (Å²) in [5, 5.41) is 0. The zero-order valence-electron chi connectivity index (χ0n) is 10.9. The lowest BCUT2D eigenvalue weighted by atomic mass is 10.2. The number of aromatic nitrogens is 2. The fourth-order valence-corrected chi connectivity index (χ4v) is 2.99. The summed E-state index contributed by atoms with van der Waals surface area (Å²) < 4.78 is 44.0. The first-order valence-corrected chi connectivity index (χ1v) is 6.84. The average molecular weight is 287 g/mol. The van der Waals surface area contributed by atoms with Gasteiger partial charge >= 0.3 is 6.18 Å². The van der Waals surface area contributed by atoms with Crippen LogP contribution in [0.3, 0.4) is 0 Å². The Labute approximate surface area is 115 Å². The van der Waals surface area contributed by atoms with E-state index >= 15 is 0 Å². The van der Waals surface area contributed by atoms with E-state index in [0.29, 0.717) is 13.2 Å². The molecule has 2 fully saturated rings. The SMILES string of the molecule is FC(F)(F)c1ccnc(N2CCCO[C@H]3CCC[C@@H]32)n1. The highest BCUT2D eigenvalue weighted by atomic mass is 19.4. The van der Waals surface area contributed by atoms with Gasteiger partial charge in [-0.2, -0.15) is 13.2 Å². The summed E-state index contributed by atoms with van der Waals surface area (Å²) in [5.74, 6) is 0.169. The highest BCUT2D eigenvalue weighted by molar-refractivity contribution is 5.34. The van der Waals surface area contributed by atoms with Gasteiger partial charge in [-0.3, -0.25) is 0 Å². The Morgan fingerprint density at radius 3 is 2.90 bits per heavy atom. The van der Waals surface area contributed by atoms with Crippen LogP contribution in [-0.2, 0) is 10.9 Å². The second-order valence-corrected chi connectivity index (χ2v) is 5.19. The molecule has 0 radical (unpaired) electrons. The second kappa shape index (κ2) is 5.20. The van der Waals surface area contributed by atoms with Crippen molar-refractivity contribution < 1.29 is 17.9 Å². The molecule has 1 saturated carbocycles. The fourth-order valence-electron chi connectivity index (χ4n) is 2.99. The van der Waals surface area contributed by atoms with Crippen LogP contribution in [-0.4, -0.2) is 35.3 Å². The Morgan fingerprint density at radius 2 is 2.10 bits per heavy atom. The van der Waals surface area contributed by atoms with Crippen molar-refractivity contribution in [3.8, 4) is 0 Å². The van der Waals surface area contributed by atoms with E-state index in [1.54, 1.807) is 0 Å². The van der Waals surface area contributed by atoms with Gasteiger partial charge in [0.15, 0.2) is 0 Å². The standard InChI is InChI=1S/C13H16F3N3O/c14-13(15,16)11-5-6-17-12(18-11)19-7-2-8-20-10-4-1-3-9(10)19/h5-6,9-10H,1-4,7-8H2/t9-,10-/m0/s1. The molecule has 1 aliphatic carbocycles. The van der Waals surface area contributed by atoms with Crippen LogP contribution < -0.4 is 4.90 Å². The molecule has 1 saturated heterocycles. The summed E-state index contributed by atoms with van der Waals surface area (Å²) in [6.07, 6.45) is 0.535. The maximum absolute atomic E-state index is 12.7. The molecular weight excluding hydrogens is 271 g/mol. The smallest absolute Gasteiger partial charge is 0.376 e. The first-order valence-electron chi connectivity index (χ1n) is 6.84. The fraction of sp³-hybridized carbons (Fsp3) is 0.692. The van der Waals surface area contributed by atoms with Crippen molar-refractivity contribution in [2.45, 2.75) is 44.0 Å². The van der Waals surface area contributed by atoms with E-state index in [1.165, 1.54) is 6.20 Å². The molecule has 3 rings (SSSR count). The van der Waals surface area contributed by atoms with Gasteiger partial charge in [-0.1, -0.05) is 0 Å². The van der Waals surface area contributed by atoms with Gasteiger partial charge in [0.05, 0.1) is 12.1 Å². The molecule has 0 spiro atoms. The van der Waals surface area contributed by atoms with Crippen LogP contribution in [0.2, 0.25) is 0 Å². The summed E-state index contributed by atoms with van der Waals surface area (Å²) >= 11 is 0. The quantitative estimate of drug-likeness (QED) is 0.796. The van der Waals surface area contributed by atoms with Crippen LogP contribution in [0.15, 0.2) is 12.3 Å². The van der Waals surface area contributed by atoms with Crippen molar-refractivity contribution in [3.05, 3.63) is 18.0 Å². The summed E-state index contributed by atoms with van der Waals surface area (Å²) in [6.45, 7) is 1.29. The number of rotatable bonds is 1. The lowest BCUT2D eigenvalue weighted by molar-refractivity contribution is -0.141. The van der Waals surface area contributed by atoms with E-state index in [0.717, 1.165) is 31.7 Å². The molecule has 0 aromatic carbocycles. The van der Waals surface area contributed by atoms with E-state index in [2.05, 4.69) is 9.97 Å². The van der Waals surface area contributed by atoms with Gasteiger partial charge in [-0.15, -0.1) is 0 Å². The molecule has 0 N–H and O–H groups in total. The van der Waals surface area contributed by atoms with Crippen molar-refractivity contribution >= 4 is 5.95 Å². The van der Waals surface area contributed by atoms with E-state index in [4.69, 9.17) is 4.74 Å². The molecule has 1 aliphatic heterocycles. The molecule has 1 aromatic rings. The molecule has 4 nitrogen and oxygen atoms in total. The van der Waals surface area contributed by atoms with Crippen LogP contribution in [0.25, 0.3) is 0 Å². The number of hydrogen-bond donors (Lipinski definition) is 0. The number of hydrogen-bond acceptors (Lipinski definition) is 4. The zero-order valence-corrected chi connectivity index (χ0v) is 10.9. The monoisotopic (exact) mass is 287 g/mol. The largest absolute Gasteiger partial charge is 0.433 e. The molecule has 1 aromatic heterocycles. The van der Waals surface area contributed by atoms with Crippen molar-refractivity contribution in [3.63, 3.8) is 0 Å². The third kappa shape index (κ3) is 2.59. The summed E-state index contributed by atoms with van der Waals surface area (Å²) in [4.78, 5) is 9.63. The molecule has 110 valence electrons. The molecule has 2 aliphatic rings. The van der Waals surface area contributed by atoms with Crippen LogP contribution in [0, 0.1) is 0 Å². The van der Waals surface area contributed by atoms with E-state index < -0.39 is 11.9 Å². The minimum absolute atomic E-state index is 0.0932. The van der Waals surface area contributed by atoms with Crippen LogP contribution in [0.1, 0.15) is 31.4 Å². The molecule has 0 bridgehead atoms. The first kappa shape index (κ1) is 13.6. The Morgan fingerprint density at radius 1 is 1.25 bits per heavy atom. The van der Waals surface area contributed by atoms with Crippen molar-refractivity contribution in [1.82, 2.24) is 9.97 Å². The second-order valence-electron chi connectivity index (χ2n) is 5.19. The number of nitrogens with zero attached hydrogens (tertiary/aromatic N) is 3. The van der Waals surface area contributed by atoms with Gasteiger partial charge < -0.3 is 9.64 Å². The zero-order chi connectivity index (χ0) is 14.2. The van der Waals surface area contributed by atoms with Crippen molar-refractivity contribution in [2.75, 3.05) is 18.1 Å². The van der Waals surface area contributed by atoms with Crippen LogP contribution in [0.5, 0.6) is 0 Å². The average Bonchev–Trinajstić information content (AvgIpc) is 2.78. The highest BCUT2D eigenvalue weighted by Crippen LogP contribution is 2.33. The molecule has 2 atom stereocenters. The van der Waals surface area contributed by atoms with Crippen LogP contribution in [0.4, 0.5) is 19.1 Å². The van der Waals surface area contributed by atoms with E-state index in [9.17, 15) is 13.2 Å². The van der Waals surface area contributed by atoms with E-state index in [1.807, 2.05) is 4.90 Å². The first-order chi connectivity index (χ1) is 9.55. The van der Waals surface area contributed by atoms with Crippen molar-refractivity contribution in [1.29, 1.82) is 0 Å². The molecule has 0 amide bonds. The molecular formula is C13H16F3N3O. The summed E-state index contributed by atoms with van der Waals surface area (Å²) in [5.41, 5.74) is -0.887. The third-order valence-corrected chi connectivity index (χ3v) is 3.88. The number of ether oxygens (including phenoxy) is 1. The topological polar surface area (TPSA) is 38.2 Å². The lowest BCUT2D eigenvalue weighted by Gasteiger charge is -2.30. The van der Waals surface area contributed by atoms with Gasteiger partial charge in [-0.05, 0) is 31.7 Å². The van der Waals surface area contributed by atoms with E-state index in [-0.39, 0.29) is 18.1 Å². The number of fused-ring (bicyclic) bond motifs is 1. The highest BCUT2D eigenvalue weighted by Gasteiger charge is 2.37. The maximum atomic E-state index is 12.7. The molecule has 20 heavy (non-hydrogen) atoms. The number of alkyl halides is 3. The Kier molecular flexibility index (Phi) is 3.54. The molecule has 0 unspecified atom stereocenters. The summed E-state index contributed by atoms with van der Waals surface area (Å²) in [6, 6.07) is 1.00. The molecule has 2 heterocycles. The van der Waals surface area contributed by atoms with Gasteiger partial charge in [-0.25, -0.2) is 9.97 Å². The number of anilines is 1. The minimum Gasteiger partial charge on any atom is -0.376 e. The lowest BCUT2D eigenvalue weighted by Crippen LogP contribution is -2.41. The van der Waals surface area contributed by atoms with Crippen molar-refractivity contribution in [2.24, 2.45) is 0 Å². The normalized spacial score (nSPS) is 27.2. The minimum atomic E-state index is -4.44. The predicted molar refractivity (Wildman–Crippen MR) is 66.4 cm³/mol. The Bertz CT molecular complexity index is 480. The third-order valence-electron chi connectivity index (χ3n) is 3.88. The van der Waals surface area contributed by atoms with Crippen LogP contribution >= 0.6 is 0 Å². The predicted octanol–water partition coefficient (Wildman–Crippen LogP) is 2.64. The Balaban J connectivity index is 1.90. The number of halogens is 3. The maximum Gasteiger partial charge on any atom is 0.433 e. The molecule has 7 heteroatoms. The van der Waals surface area contributed by atoms with Gasteiger partial charge in [0.2, 0.25) is 5.95 Å². The van der Waals surface area contributed by atoms with Gasteiger partial charge in [0.1, 0.15) is 5.69 Å².